The molecule has 3 aromatic carbocycles. The van der Waals surface area contributed by atoms with Gasteiger partial charge in [-0.1, -0.05) is 41.4 Å². The van der Waals surface area contributed by atoms with Crippen molar-refractivity contribution >= 4 is 29.4 Å². The topological polar surface area (TPSA) is 63.2 Å². The molecule has 1 aliphatic rings. The highest BCUT2D eigenvalue weighted by atomic mass is 35.5. The van der Waals surface area contributed by atoms with Gasteiger partial charge in [0, 0.05) is 24.3 Å². The monoisotopic (exact) mass is 491 g/mol. The molecule has 0 aliphatic carbocycles. The maximum Gasteiger partial charge on any atom is 0.271 e. The van der Waals surface area contributed by atoms with E-state index in [4.69, 9.17) is 21.1 Å². The standard InChI is InChI=1S/C28H30ClN3O3/c1-3-34-26-17-22(16-25(29)27(26)35-19-21-8-6-7-20(2)15-21)18-30-31-28(33)23-9-11-24(12-10-23)32-13-4-5-14-32/h6-12,15-18H,3-5,13-14,19H2,1-2H3,(H,31,33)/b30-18-. The van der Waals surface area contributed by atoms with E-state index < -0.39 is 0 Å². The van der Waals surface area contributed by atoms with Gasteiger partial charge in [0.2, 0.25) is 0 Å². The van der Waals surface area contributed by atoms with Crippen LogP contribution in [-0.4, -0.2) is 31.8 Å². The van der Waals surface area contributed by atoms with Crippen molar-refractivity contribution in [1.82, 2.24) is 5.43 Å². The van der Waals surface area contributed by atoms with Crippen molar-refractivity contribution in [2.45, 2.75) is 33.3 Å². The lowest BCUT2D eigenvalue weighted by Gasteiger charge is -2.17. The Hall–Kier alpha value is -3.51. The van der Waals surface area contributed by atoms with Gasteiger partial charge in [-0.05, 0) is 74.2 Å². The smallest absolute Gasteiger partial charge is 0.271 e. The zero-order chi connectivity index (χ0) is 24.6. The second-order valence-electron chi connectivity index (χ2n) is 8.48. The summed E-state index contributed by atoms with van der Waals surface area (Å²) >= 11 is 6.52. The first kappa shape index (κ1) is 24.6. The molecule has 1 aliphatic heterocycles. The largest absolute Gasteiger partial charge is 0.490 e. The lowest BCUT2D eigenvalue weighted by molar-refractivity contribution is 0.0955. The lowest BCUT2D eigenvalue weighted by Crippen LogP contribution is -2.19. The van der Waals surface area contributed by atoms with Crippen LogP contribution in [0, 0.1) is 6.92 Å². The van der Waals surface area contributed by atoms with Crippen LogP contribution in [0.2, 0.25) is 5.02 Å². The van der Waals surface area contributed by atoms with Crippen LogP contribution in [0.1, 0.15) is 46.8 Å². The molecule has 6 nitrogen and oxygen atoms in total. The first-order valence-corrected chi connectivity index (χ1v) is 12.2. The maximum absolute atomic E-state index is 12.5. The Morgan fingerprint density at radius 3 is 2.57 bits per heavy atom. The van der Waals surface area contributed by atoms with E-state index in [2.05, 4.69) is 21.5 Å². The third-order valence-electron chi connectivity index (χ3n) is 5.78. The fraction of sp³-hybridized carbons (Fsp3) is 0.286. The Morgan fingerprint density at radius 1 is 1.09 bits per heavy atom. The van der Waals surface area contributed by atoms with Gasteiger partial charge in [0.05, 0.1) is 17.8 Å². The minimum atomic E-state index is -0.275. The Morgan fingerprint density at radius 2 is 1.86 bits per heavy atom. The third-order valence-corrected chi connectivity index (χ3v) is 6.06. The Bertz CT molecular complexity index is 1190. The number of halogens is 1. The van der Waals surface area contributed by atoms with E-state index in [1.165, 1.54) is 24.6 Å². The lowest BCUT2D eigenvalue weighted by atomic mass is 10.1. The molecule has 1 N–H and O–H groups in total. The molecule has 0 saturated carbocycles. The molecule has 0 atom stereocenters. The summed E-state index contributed by atoms with van der Waals surface area (Å²) in [5.41, 5.74) is 7.17. The van der Waals surface area contributed by atoms with Crippen LogP contribution in [0.15, 0.2) is 65.8 Å². The molecule has 0 unspecified atom stereocenters. The second kappa shape index (κ2) is 11.8. The minimum absolute atomic E-state index is 0.275. The number of nitrogens with one attached hydrogen (secondary N) is 1. The van der Waals surface area contributed by atoms with Gasteiger partial charge in [-0.15, -0.1) is 0 Å². The predicted octanol–water partition coefficient (Wildman–Crippen LogP) is 5.99. The minimum Gasteiger partial charge on any atom is -0.490 e. The number of amides is 1. The molecule has 1 heterocycles. The molecule has 182 valence electrons. The van der Waals surface area contributed by atoms with Gasteiger partial charge in [-0.2, -0.15) is 5.10 Å². The van der Waals surface area contributed by atoms with Crippen LogP contribution in [0.25, 0.3) is 0 Å². The summed E-state index contributed by atoms with van der Waals surface area (Å²) in [5.74, 6) is 0.732. The van der Waals surface area contributed by atoms with E-state index >= 15 is 0 Å². The van der Waals surface area contributed by atoms with Gasteiger partial charge < -0.3 is 14.4 Å². The van der Waals surface area contributed by atoms with Gasteiger partial charge in [0.15, 0.2) is 11.5 Å². The highest BCUT2D eigenvalue weighted by Crippen LogP contribution is 2.37. The number of rotatable bonds is 9. The molecular weight excluding hydrogens is 462 g/mol. The van der Waals surface area contributed by atoms with Crippen LogP contribution < -0.4 is 19.8 Å². The summed E-state index contributed by atoms with van der Waals surface area (Å²) in [5, 5.41) is 4.51. The molecule has 1 saturated heterocycles. The number of hydrogen-bond donors (Lipinski definition) is 1. The van der Waals surface area contributed by atoms with Crippen molar-refractivity contribution in [3.8, 4) is 11.5 Å². The molecule has 1 amide bonds. The van der Waals surface area contributed by atoms with Crippen molar-refractivity contribution in [2.75, 3.05) is 24.6 Å². The van der Waals surface area contributed by atoms with Crippen LogP contribution in [0.3, 0.4) is 0 Å². The van der Waals surface area contributed by atoms with E-state index in [0.29, 0.717) is 40.9 Å². The highest BCUT2D eigenvalue weighted by molar-refractivity contribution is 6.32. The Labute approximate surface area is 211 Å². The number of hydrogen-bond acceptors (Lipinski definition) is 5. The van der Waals surface area contributed by atoms with Crippen molar-refractivity contribution in [1.29, 1.82) is 0 Å². The van der Waals surface area contributed by atoms with Crippen LogP contribution in [0.4, 0.5) is 5.69 Å². The van der Waals surface area contributed by atoms with Gasteiger partial charge in [-0.3, -0.25) is 4.79 Å². The number of carbonyl (C=O) groups is 1. The fourth-order valence-electron chi connectivity index (χ4n) is 4.05. The van der Waals surface area contributed by atoms with E-state index in [9.17, 15) is 4.79 Å². The molecule has 3 aromatic rings. The summed E-state index contributed by atoms with van der Waals surface area (Å²) < 4.78 is 11.7. The number of nitrogens with zero attached hydrogens (tertiary/aromatic N) is 2. The molecule has 0 aromatic heterocycles. The third kappa shape index (κ3) is 6.55. The predicted molar refractivity (Wildman–Crippen MR) is 141 cm³/mol. The normalized spacial score (nSPS) is 13.3. The molecule has 0 spiro atoms. The Balaban J connectivity index is 1.40. The average Bonchev–Trinajstić information content (AvgIpc) is 3.39. The quantitative estimate of drug-likeness (QED) is 0.295. The number of benzene rings is 3. The number of hydrazone groups is 1. The maximum atomic E-state index is 12.5. The first-order chi connectivity index (χ1) is 17.0. The number of ether oxygens (including phenoxy) is 2. The molecule has 7 heteroatoms. The van der Waals surface area contributed by atoms with E-state index in [-0.39, 0.29) is 5.91 Å². The Kier molecular flexibility index (Phi) is 8.27. The van der Waals surface area contributed by atoms with Crippen LogP contribution in [0.5, 0.6) is 11.5 Å². The molecule has 0 bridgehead atoms. The summed E-state index contributed by atoms with van der Waals surface area (Å²) in [4.78, 5) is 14.8. The van der Waals surface area contributed by atoms with Crippen molar-refractivity contribution in [3.05, 3.63) is 87.9 Å². The molecular formula is C28H30ClN3O3. The van der Waals surface area contributed by atoms with Crippen LogP contribution >= 0.6 is 11.6 Å². The van der Waals surface area contributed by atoms with E-state index in [1.54, 1.807) is 12.1 Å². The fourth-order valence-corrected chi connectivity index (χ4v) is 4.33. The summed E-state index contributed by atoms with van der Waals surface area (Å²) in [6, 6.07) is 19.2. The van der Waals surface area contributed by atoms with Gasteiger partial charge in [0.1, 0.15) is 6.61 Å². The first-order valence-electron chi connectivity index (χ1n) is 11.9. The molecule has 4 rings (SSSR count). The second-order valence-corrected chi connectivity index (χ2v) is 8.89. The van der Waals surface area contributed by atoms with Crippen molar-refractivity contribution in [3.63, 3.8) is 0 Å². The van der Waals surface area contributed by atoms with E-state index in [1.807, 2.05) is 56.3 Å². The zero-order valence-corrected chi connectivity index (χ0v) is 20.8. The summed E-state index contributed by atoms with van der Waals surface area (Å²) in [6.07, 6.45) is 3.97. The van der Waals surface area contributed by atoms with Gasteiger partial charge >= 0.3 is 0 Å². The van der Waals surface area contributed by atoms with Crippen molar-refractivity contribution < 1.29 is 14.3 Å². The zero-order valence-electron chi connectivity index (χ0n) is 20.1. The summed E-state index contributed by atoms with van der Waals surface area (Å²) in [7, 11) is 0. The SMILES string of the molecule is CCOc1cc(/C=N\NC(=O)c2ccc(N3CCCC3)cc2)cc(Cl)c1OCc1cccc(C)c1. The number of aryl methyl sites for hydroxylation is 1. The summed E-state index contributed by atoms with van der Waals surface area (Å²) in [6.45, 7) is 6.91. The number of anilines is 1. The van der Waals surface area contributed by atoms with Crippen molar-refractivity contribution in [2.24, 2.45) is 5.10 Å². The van der Waals surface area contributed by atoms with Gasteiger partial charge in [-0.25, -0.2) is 5.43 Å². The van der Waals surface area contributed by atoms with Crippen LogP contribution in [-0.2, 0) is 6.61 Å². The molecule has 1 fully saturated rings. The molecule has 35 heavy (non-hydrogen) atoms. The van der Waals surface area contributed by atoms with E-state index in [0.717, 1.165) is 24.3 Å². The highest BCUT2D eigenvalue weighted by Gasteiger charge is 2.14. The average molecular weight is 492 g/mol. The van der Waals surface area contributed by atoms with Gasteiger partial charge in [0.25, 0.3) is 5.91 Å². The number of carbonyl (C=O) groups excluding carboxylic acids is 1. The molecule has 0 radical (unpaired) electrons.